The highest BCUT2D eigenvalue weighted by Crippen LogP contribution is 2.48. The Kier molecular flexibility index (Phi) is 5.52. The van der Waals surface area contributed by atoms with Crippen molar-refractivity contribution in [3.8, 4) is 0 Å². The van der Waals surface area contributed by atoms with Crippen LogP contribution in [-0.2, 0) is 4.74 Å². The third-order valence-corrected chi connectivity index (χ3v) is 5.63. The van der Waals surface area contributed by atoms with E-state index in [1.54, 1.807) is 6.20 Å². The van der Waals surface area contributed by atoms with Crippen LogP contribution in [0.4, 0.5) is 0 Å². The molecule has 0 saturated heterocycles. The van der Waals surface area contributed by atoms with Crippen molar-refractivity contribution in [1.82, 2.24) is 20.4 Å². The number of fused-ring (bicyclic) bond motifs is 1. The minimum absolute atomic E-state index is 0.00220. The van der Waals surface area contributed by atoms with Crippen LogP contribution in [0.5, 0.6) is 0 Å². The lowest BCUT2D eigenvalue weighted by molar-refractivity contribution is 0.155. The summed E-state index contributed by atoms with van der Waals surface area (Å²) in [5.41, 5.74) is 10.3. The molecular formula is C22H29N5O2. The number of nitrogens with one attached hydrogen (secondary N) is 1. The number of ether oxygens (including phenoxy) is 1. The summed E-state index contributed by atoms with van der Waals surface area (Å²) in [7, 11) is 0. The number of allylic oxidation sites excluding steroid dienone is 2. The van der Waals surface area contributed by atoms with Crippen molar-refractivity contribution >= 4 is 5.57 Å². The maximum absolute atomic E-state index is 5.83. The fourth-order valence-electron chi connectivity index (χ4n) is 4.31. The van der Waals surface area contributed by atoms with E-state index in [-0.39, 0.29) is 17.4 Å². The molecule has 0 amide bonds. The van der Waals surface area contributed by atoms with Gasteiger partial charge in [-0.15, -0.1) is 0 Å². The Hall–Kier alpha value is -2.51. The molecule has 3 N–H and O–H groups in total. The highest BCUT2D eigenvalue weighted by molar-refractivity contribution is 5.75. The van der Waals surface area contributed by atoms with Crippen molar-refractivity contribution in [3.05, 3.63) is 59.2 Å². The molecule has 2 atom stereocenters. The number of nitrogens with two attached hydrogens (primary N) is 1. The average molecular weight is 396 g/mol. The smallest absolute Gasteiger partial charge is 0.256 e. The van der Waals surface area contributed by atoms with E-state index in [4.69, 9.17) is 15.0 Å². The Labute approximate surface area is 171 Å². The number of rotatable bonds is 6. The maximum atomic E-state index is 5.83. The molecule has 0 bridgehead atoms. The van der Waals surface area contributed by atoms with Crippen LogP contribution < -0.4 is 11.1 Å². The molecule has 2 unspecified atom stereocenters. The Morgan fingerprint density at radius 1 is 1.38 bits per heavy atom. The van der Waals surface area contributed by atoms with Crippen molar-refractivity contribution < 1.29 is 9.26 Å². The fraction of sp³-hybridized carbons (Fsp3) is 0.500. The highest BCUT2D eigenvalue weighted by Gasteiger charge is 2.41. The first-order valence-electron chi connectivity index (χ1n) is 10.2. The van der Waals surface area contributed by atoms with Crippen LogP contribution in [0.1, 0.15) is 49.9 Å². The number of nitrogens with zero attached hydrogens (tertiary/aromatic N) is 3. The molecule has 1 aliphatic heterocycles. The van der Waals surface area contributed by atoms with E-state index in [2.05, 4.69) is 46.4 Å². The normalized spacial score (nSPS) is 23.4. The molecule has 0 fully saturated rings. The molecule has 2 aromatic rings. The number of hydrogen-bond donors (Lipinski definition) is 2. The van der Waals surface area contributed by atoms with E-state index in [9.17, 15) is 0 Å². The van der Waals surface area contributed by atoms with Gasteiger partial charge in [-0.3, -0.25) is 4.98 Å². The molecule has 0 aromatic carbocycles. The summed E-state index contributed by atoms with van der Waals surface area (Å²) in [6.07, 6.45) is 8.18. The van der Waals surface area contributed by atoms with Crippen LogP contribution in [0.25, 0.3) is 5.57 Å². The molecule has 3 heterocycles. The molecule has 2 aromatic heterocycles. The number of hydrogen-bond acceptors (Lipinski definition) is 7. The van der Waals surface area contributed by atoms with E-state index >= 15 is 0 Å². The summed E-state index contributed by atoms with van der Waals surface area (Å²) in [6, 6.07) is 4.32. The van der Waals surface area contributed by atoms with Crippen molar-refractivity contribution in [1.29, 1.82) is 0 Å². The SMILES string of the molecule is Cc1noc(C2=C(COCCN)NC3CC(C)(C)CC=C3C2c2cccnc2)n1. The summed E-state index contributed by atoms with van der Waals surface area (Å²) in [5.74, 6) is 1.14. The van der Waals surface area contributed by atoms with Gasteiger partial charge in [-0.1, -0.05) is 31.1 Å². The van der Waals surface area contributed by atoms with Gasteiger partial charge in [0, 0.05) is 36.6 Å². The number of aryl methyl sites for hydroxylation is 1. The predicted octanol–water partition coefficient (Wildman–Crippen LogP) is 2.96. The molecule has 4 rings (SSSR count). The van der Waals surface area contributed by atoms with Crippen LogP contribution in [0.15, 0.2) is 46.4 Å². The second-order valence-electron chi connectivity index (χ2n) is 8.57. The van der Waals surface area contributed by atoms with Gasteiger partial charge in [0.15, 0.2) is 5.82 Å². The Balaban J connectivity index is 1.86. The van der Waals surface area contributed by atoms with Gasteiger partial charge in [0.25, 0.3) is 5.89 Å². The van der Waals surface area contributed by atoms with E-state index in [1.165, 1.54) is 5.57 Å². The minimum Gasteiger partial charge on any atom is -0.380 e. The van der Waals surface area contributed by atoms with Gasteiger partial charge in [-0.05, 0) is 42.4 Å². The lowest BCUT2D eigenvalue weighted by atomic mass is 9.68. The number of pyridine rings is 1. The molecule has 29 heavy (non-hydrogen) atoms. The highest BCUT2D eigenvalue weighted by atomic mass is 16.5. The first kappa shape index (κ1) is 19.8. The first-order chi connectivity index (χ1) is 14.0. The predicted molar refractivity (Wildman–Crippen MR) is 111 cm³/mol. The van der Waals surface area contributed by atoms with Crippen LogP contribution in [-0.4, -0.2) is 40.9 Å². The Morgan fingerprint density at radius 2 is 2.24 bits per heavy atom. The van der Waals surface area contributed by atoms with Gasteiger partial charge in [0.2, 0.25) is 0 Å². The van der Waals surface area contributed by atoms with Gasteiger partial charge < -0.3 is 20.3 Å². The minimum atomic E-state index is 0.00220. The van der Waals surface area contributed by atoms with Crippen LogP contribution >= 0.6 is 0 Å². The summed E-state index contributed by atoms with van der Waals surface area (Å²) < 4.78 is 11.5. The molecule has 0 radical (unpaired) electrons. The zero-order chi connectivity index (χ0) is 20.4. The van der Waals surface area contributed by atoms with Crippen molar-refractivity contribution in [2.45, 2.75) is 45.6 Å². The lowest BCUT2D eigenvalue weighted by Crippen LogP contribution is -2.44. The molecule has 7 heteroatoms. The largest absolute Gasteiger partial charge is 0.380 e. The summed E-state index contributed by atoms with van der Waals surface area (Å²) in [4.78, 5) is 8.93. The molecule has 7 nitrogen and oxygen atoms in total. The first-order valence-corrected chi connectivity index (χ1v) is 10.2. The van der Waals surface area contributed by atoms with Crippen LogP contribution in [0, 0.1) is 12.3 Å². The van der Waals surface area contributed by atoms with E-state index in [0.29, 0.717) is 31.5 Å². The topological polar surface area (TPSA) is 99.1 Å². The summed E-state index contributed by atoms with van der Waals surface area (Å²) in [6.45, 7) is 7.86. The zero-order valence-corrected chi connectivity index (χ0v) is 17.3. The second-order valence-corrected chi connectivity index (χ2v) is 8.57. The third kappa shape index (κ3) is 4.11. The van der Waals surface area contributed by atoms with Crippen molar-refractivity contribution in [3.63, 3.8) is 0 Å². The molecule has 2 aliphatic rings. The standard InChI is InChI=1S/C22H29N5O2/c1-14-25-21(29-27-14)20-18(13-28-10-8-23)26-17-11-22(2,3)7-6-16(17)19(20)15-5-4-9-24-12-15/h4-6,9,12,17,19,26H,7-8,10-11,13,23H2,1-3H3. The van der Waals surface area contributed by atoms with Gasteiger partial charge in [-0.2, -0.15) is 4.98 Å². The fourth-order valence-corrected chi connectivity index (χ4v) is 4.31. The molecular weight excluding hydrogens is 366 g/mol. The Bertz CT molecular complexity index is 916. The van der Waals surface area contributed by atoms with E-state index in [1.807, 2.05) is 19.2 Å². The molecule has 1 aliphatic carbocycles. The molecule has 154 valence electrons. The summed E-state index contributed by atoms with van der Waals surface area (Å²) >= 11 is 0. The molecule has 0 saturated carbocycles. The van der Waals surface area contributed by atoms with E-state index < -0.39 is 0 Å². The van der Waals surface area contributed by atoms with Gasteiger partial charge in [-0.25, -0.2) is 0 Å². The second kappa shape index (κ2) is 8.08. The summed E-state index contributed by atoms with van der Waals surface area (Å²) in [5, 5.41) is 7.76. The van der Waals surface area contributed by atoms with Crippen molar-refractivity contribution in [2.75, 3.05) is 19.8 Å². The van der Waals surface area contributed by atoms with E-state index in [0.717, 1.165) is 29.7 Å². The van der Waals surface area contributed by atoms with Gasteiger partial charge in [0.1, 0.15) is 0 Å². The maximum Gasteiger partial charge on any atom is 0.256 e. The van der Waals surface area contributed by atoms with Gasteiger partial charge in [0.05, 0.1) is 18.8 Å². The monoisotopic (exact) mass is 395 g/mol. The van der Waals surface area contributed by atoms with Crippen molar-refractivity contribution in [2.24, 2.45) is 11.1 Å². The van der Waals surface area contributed by atoms with Crippen LogP contribution in [0.2, 0.25) is 0 Å². The zero-order valence-electron chi connectivity index (χ0n) is 17.3. The Morgan fingerprint density at radius 3 is 2.93 bits per heavy atom. The quantitative estimate of drug-likeness (QED) is 0.573. The lowest BCUT2D eigenvalue weighted by Gasteiger charge is -2.43. The average Bonchev–Trinajstić information content (AvgIpc) is 3.13. The third-order valence-electron chi connectivity index (χ3n) is 5.63. The molecule has 0 spiro atoms. The van der Waals surface area contributed by atoms with Gasteiger partial charge >= 0.3 is 0 Å². The van der Waals surface area contributed by atoms with Crippen LogP contribution in [0.3, 0.4) is 0 Å². The number of aromatic nitrogens is 3.